The van der Waals surface area contributed by atoms with Crippen molar-refractivity contribution >= 4 is 23.1 Å². The van der Waals surface area contributed by atoms with E-state index in [0.717, 1.165) is 6.54 Å². The molecule has 0 spiro atoms. The molecule has 0 aromatic carbocycles. The van der Waals surface area contributed by atoms with Crippen LogP contribution in [0.15, 0.2) is 0 Å². The van der Waals surface area contributed by atoms with Crippen molar-refractivity contribution in [2.45, 2.75) is 39.0 Å². The molecule has 2 rings (SSSR count). The Morgan fingerprint density at radius 1 is 1.35 bits per heavy atom. The van der Waals surface area contributed by atoms with Gasteiger partial charge in [0.1, 0.15) is 0 Å². The van der Waals surface area contributed by atoms with Gasteiger partial charge in [-0.15, -0.1) is 0 Å². The molecule has 0 aromatic rings. The molecule has 3 nitrogen and oxygen atoms in total. The number of hydrogen-bond donors (Lipinski definition) is 1. The third-order valence-corrected chi connectivity index (χ3v) is 4.47. The number of hydrogen-bond acceptors (Lipinski definition) is 2. The van der Waals surface area contributed by atoms with E-state index in [4.69, 9.17) is 18.0 Å². The number of carbonyl (C=O) groups excluding carboxylic acids is 1. The molecule has 96 valence electrons. The lowest BCUT2D eigenvalue weighted by Crippen LogP contribution is -2.35. The Labute approximate surface area is 109 Å². The van der Waals surface area contributed by atoms with E-state index >= 15 is 0 Å². The predicted molar refractivity (Wildman–Crippen MR) is 72.6 cm³/mol. The van der Waals surface area contributed by atoms with Crippen molar-refractivity contribution in [3.63, 3.8) is 0 Å². The summed E-state index contributed by atoms with van der Waals surface area (Å²) in [7, 11) is 0. The van der Waals surface area contributed by atoms with Crippen molar-refractivity contribution in [2.75, 3.05) is 13.1 Å². The molecule has 2 atom stereocenters. The highest BCUT2D eigenvalue weighted by atomic mass is 32.1. The summed E-state index contributed by atoms with van der Waals surface area (Å²) in [5.74, 6) is 2.05. The summed E-state index contributed by atoms with van der Waals surface area (Å²) in [5.41, 5.74) is 5.50. The molecule has 2 unspecified atom stereocenters. The zero-order valence-corrected chi connectivity index (χ0v) is 11.3. The summed E-state index contributed by atoms with van der Waals surface area (Å²) in [6.45, 7) is 3.50. The van der Waals surface area contributed by atoms with Crippen LogP contribution in [0.3, 0.4) is 0 Å². The lowest BCUT2D eigenvalue weighted by Gasteiger charge is -2.20. The summed E-state index contributed by atoms with van der Waals surface area (Å²) >= 11 is 4.87. The van der Waals surface area contributed by atoms with Gasteiger partial charge in [-0.25, -0.2) is 0 Å². The highest BCUT2D eigenvalue weighted by Gasteiger charge is 2.55. The van der Waals surface area contributed by atoms with Crippen LogP contribution in [0.1, 0.15) is 39.0 Å². The number of nitrogens with two attached hydrogens (primary N) is 1. The number of amides is 1. The second-order valence-electron chi connectivity index (χ2n) is 5.27. The molecular weight excluding hydrogens is 232 g/mol. The Morgan fingerprint density at radius 2 is 1.94 bits per heavy atom. The molecule has 4 heteroatoms. The van der Waals surface area contributed by atoms with Gasteiger partial charge >= 0.3 is 0 Å². The van der Waals surface area contributed by atoms with Gasteiger partial charge in [0.15, 0.2) is 0 Å². The van der Waals surface area contributed by atoms with Crippen molar-refractivity contribution in [3.05, 3.63) is 0 Å². The lowest BCUT2D eigenvalue weighted by atomic mass is 10.0. The summed E-state index contributed by atoms with van der Waals surface area (Å²) in [4.78, 5) is 14.8. The highest BCUT2D eigenvalue weighted by molar-refractivity contribution is 7.80. The fourth-order valence-corrected chi connectivity index (χ4v) is 3.33. The Bertz CT molecular complexity index is 307. The SMILES string of the molecule is CCN(CCC(N)=S)C(=O)C1C2CCCCC21. The van der Waals surface area contributed by atoms with E-state index in [1.54, 1.807) is 0 Å². The van der Waals surface area contributed by atoms with Crippen LogP contribution in [0.5, 0.6) is 0 Å². The minimum Gasteiger partial charge on any atom is -0.393 e. The van der Waals surface area contributed by atoms with Crippen molar-refractivity contribution in [1.82, 2.24) is 4.90 Å². The van der Waals surface area contributed by atoms with Crippen LogP contribution in [0.4, 0.5) is 0 Å². The molecule has 1 amide bonds. The molecular formula is C13H22N2OS. The zero-order valence-electron chi connectivity index (χ0n) is 10.5. The Balaban J connectivity index is 1.87. The van der Waals surface area contributed by atoms with Crippen molar-refractivity contribution in [1.29, 1.82) is 0 Å². The van der Waals surface area contributed by atoms with E-state index in [2.05, 4.69) is 0 Å². The van der Waals surface area contributed by atoms with Gasteiger partial charge < -0.3 is 10.6 Å². The summed E-state index contributed by atoms with van der Waals surface area (Å²) < 4.78 is 0. The fourth-order valence-electron chi connectivity index (χ4n) is 3.24. The third kappa shape index (κ3) is 2.79. The number of carbonyl (C=O) groups is 1. The molecule has 2 fully saturated rings. The van der Waals surface area contributed by atoms with E-state index in [0.29, 0.717) is 41.6 Å². The summed E-state index contributed by atoms with van der Waals surface area (Å²) in [6.07, 6.45) is 5.78. The molecule has 0 bridgehead atoms. The standard InChI is InChI=1S/C13H22N2OS/c1-2-15(8-7-11(14)17)13(16)12-9-5-3-4-6-10(9)12/h9-10,12H,2-8H2,1H3,(H2,14,17). The minimum absolute atomic E-state index is 0.323. The lowest BCUT2D eigenvalue weighted by molar-refractivity contribution is -0.132. The number of thiocarbonyl (C=S) groups is 1. The van der Waals surface area contributed by atoms with Crippen LogP contribution in [0.2, 0.25) is 0 Å². The first kappa shape index (κ1) is 12.8. The van der Waals surface area contributed by atoms with Gasteiger partial charge in [-0.3, -0.25) is 4.79 Å². The first-order chi connectivity index (χ1) is 8.15. The van der Waals surface area contributed by atoms with Crippen LogP contribution in [0.25, 0.3) is 0 Å². The highest BCUT2D eigenvalue weighted by Crippen LogP contribution is 2.56. The Morgan fingerprint density at radius 3 is 2.41 bits per heavy atom. The predicted octanol–water partition coefficient (Wildman–Crippen LogP) is 1.95. The quantitative estimate of drug-likeness (QED) is 0.763. The van der Waals surface area contributed by atoms with Gasteiger partial charge in [0, 0.05) is 25.4 Å². The molecule has 0 saturated heterocycles. The largest absolute Gasteiger partial charge is 0.393 e. The van der Waals surface area contributed by atoms with Crippen molar-refractivity contribution in [2.24, 2.45) is 23.5 Å². The Hall–Kier alpha value is -0.640. The molecule has 2 aliphatic rings. The second-order valence-corrected chi connectivity index (χ2v) is 5.80. The molecule has 2 saturated carbocycles. The topological polar surface area (TPSA) is 46.3 Å². The molecule has 0 aliphatic heterocycles. The van der Waals surface area contributed by atoms with Gasteiger partial charge in [0.05, 0.1) is 4.99 Å². The monoisotopic (exact) mass is 254 g/mol. The van der Waals surface area contributed by atoms with E-state index in [1.807, 2.05) is 11.8 Å². The van der Waals surface area contributed by atoms with Crippen LogP contribution < -0.4 is 5.73 Å². The van der Waals surface area contributed by atoms with E-state index in [-0.39, 0.29) is 0 Å². The van der Waals surface area contributed by atoms with Gasteiger partial charge in [0.25, 0.3) is 0 Å². The maximum Gasteiger partial charge on any atom is 0.226 e. The van der Waals surface area contributed by atoms with Crippen LogP contribution in [-0.2, 0) is 4.79 Å². The van der Waals surface area contributed by atoms with E-state index < -0.39 is 0 Å². The van der Waals surface area contributed by atoms with Crippen LogP contribution in [0, 0.1) is 17.8 Å². The molecule has 17 heavy (non-hydrogen) atoms. The zero-order chi connectivity index (χ0) is 12.4. The minimum atomic E-state index is 0.323. The first-order valence-electron chi connectivity index (χ1n) is 6.72. The number of rotatable bonds is 5. The van der Waals surface area contributed by atoms with Gasteiger partial charge in [0.2, 0.25) is 5.91 Å². The fraction of sp³-hybridized carbons (Fsp3) is 0.846. The molecule has 2 N–H and O–H groups in total. The normalized spacial score (nSPS) is 30.5. The van der Waals surface area contributed by atoms with Crippen LogP contribution in [-0.4, -0.2) is 28.9 Å². The van der Waals surface area contributed by atoms with Gasteiger partial charge in [-0.1, -0.05) is 25.1 Å². The molecule has 2 aliphatic carbocycles. The van der Waals surface area contributed by atoms with Crippen LogP contribution >= 0.6 is 12.2 Å². The van der Waals surface area contributed by atoms with Crippen molar-refractivity contribution < 1.29 is 4.79 Å². The molecule has 0 radical (unpaired) electrons. The maximum absolute atomic E-state index is 12.4. The number of nitrogens with zero attached hydrogens (tertiary/aromatic N) is 1. The van der Waals surface area contributed by atoms with E-state index in [9.17, 15) is 4.79 Å². The third-order valence-electron chi connectivity index (χ3n) is 4.26. The van der Waals surface area contributed by atoms with Crippen molar-refractivity contribution in [3.8, 4) is 0 Å². The first-order valence-corrected chi connectivity index (χ1v) is 7.13. The Kier molecular flexibility index (Phi) is 4.02. The summed E-state index contributed by atoms with van der Waals surface area (Å²) in [5, 5.41) is 0. The second kappa shape index (κ2) is 5.34. The average molecular weight is 254 g/mol. The average Bonchev–Trinajstić information content (AvgIpc) is 3.03. The van der Waals surface area contributed by atoms with E-state index in [1.165, 1.54) is 25.7 Å². The van der Waals surface area contributed by atoms with Gasteiger partial charge in [-0.2, -0.15) is 0 Å². The smallest absolute Gasteiger partial charge is 0.226 e. The summed E-state index contributed by atoms with van der Waals surface area (Å²) in [6, 6.07) is 0. The van der Waals surface area contributed by atoms with Gasteiger partial charge in [-0.05, 0) is 31.6 Å². The maximum atomic E-state index is 12.4. The molecule has 0 heterocycles. The number of fused-ring (bicyclic) bond motifs is 1. The molecule has 0 aromatic heterocycles.